The number of benzene rings is 2. The molecule has 0 unspecified atom stereocenters. The largest absolute Gasteiger partial charge is 0.370 e. The zero-order chi connectivity index (χ0) is 17.4. The van der Waals surface area contributed by atoms with Gasteiger partial charge in [-0.05, 0) is 29.3 Å². The Morgan fingerprint density at radius 2 is 1.71 bits per heavy atom. The van der Waals surface area contributed by atoms with Crippen LogP contribution in [0.15, 0.2) is 60.7 Å². The highest BCUT2D eigenvalue weighted by atomic mass is 19.1. The molecule has 0 bridgehead atoms. The lowest BCUT2D eigenvalue weighted by Crippen LogP contribution is -2.32. The zero-order valence-corrected chi connectivity index (χ0v) is 13.2. The molecule has 0 fully saturated rings. The summed E-state index contributed by atoms with van der Waals surface area (Å²) in [5.74, 6) is -1.02. The fourth-order valence-corrected chi connectivity index (χ4v) is 2.16. The number of primary amides is 1. The van der Waals surface area contributed by atoms with E-state index >= 15 is 0 Å². The topological polar surface area (TPSA) is 63.4 Å². The van der Waals surface area contributed by atoms with Crippen LogP contribution in [0.4, 0.5) is 4.39 Å². The molecule has 0 radical (unpaired) electrons. The van der Waals surface area contributed by atoms with Crippen LogP contribution >= 0.6 is 0 Å². The molecule has 4 nitrogen and oxygen atoms in total. The minimum Gasteiger partial charge on any atom is -0.370 e. The summed E-state index contributed by atoms with van der Waals surface area (Å²) in [4.78, 5) is 25.0. The fourth-order valence-electron chi connectivity index (χ4n) is 2.16. The van der Waals surface area contributed by atoms with Gasteiger partial charge in [-0.2, -0.15) is 0 Å². The molecule has 2 aromatic rings. The average Bonchev–Trinajstić information content (AvgIpc) is 2.58. The molecule has 0 atom stereocenters. The van der Waals surface area contributed by atoms with Crippen molar-refractivity contribution in [2.24, 2.45) is 5.73 Å². The van der Waals surface area contributed by atoms with Gasteiger partial charge in [0.2, 0.25) is 11.8 Å². The van der Waals surface area contributed by atoms with Gasteiger partial charge < -0.3 is 10.6 Å². The molecule has 0 heterocycles. The van der Waals surface area contributed by atoms with Crippen molar-refractivity contribution >= 4 is 17.9 Å². The van der Waals surface area contributed by atoms with Gasteiger partial charge in [0.15, 0.2) is 0 Å². The predicted molar refractivity (Wildman–Crippen MR) is 91.1 cm³/mol. The van der Waals surface area contributed by atoms with Gasteiger partial charge in [0.1, 0.15) is 5.82 Å². The molecule has 2 aromatic carbocycles. The molecule has 0 saturated heterocycles. The summed E-state index contributed by atoms with van der Waals surface area (Å²) in [7, 11) is 0. The summed E-state index contributed by atoms with van der Waals surface area (Å²) >= 11 is 0. The number of hydrogen-bond acceptors (Lipinski definition) is 2. The first kappa shape index (κ1) is 17.4. The number of carbonyl (C=O) groups is 2. The first-order valence-corrected chi connectivity index (χ1v) is 7.59. The van der Waals surface area contributed by atoms with Crippen molar-refractivity contribution in [2.75, 3.05) is 6.54 Å². The number of carbonyl (C=O) groups excluding carboxylic acids is 2. The van der Waals surface area contributed by atoms with Crippen LogP contribution in [0.3, 0.4) is 0 Å². The van der Waals surface area contributed by atoms with E-state index in [0.29, 0.717) is 6.54 Å². The fraction of sp³-hybridized carbons (Fsp3) is 0.158. The predicted octanol–water partition coefficient (Wildman–Crippen LogP) is 2.74. The lowest BCUT2D eigenvalue weighted by Gasteiger charge is -2.20. The summed E-state index contributed by atoms with van der Waals surface area (Å²) < 4.78 is 12.9. The first-order chi connectivity index (χ1) is 11.5. The molecule has 2 rings (SSSR count). The van der Waals surface area contributed by atoms with Crippen molar-refractivity contribution in [3.05, 3.63) is 77.6 Å². The third kappa shape index (κ3) is 5.68. The van der Waals surface area contributed by atoms with Crippen molar-refractivity contribution in [1.29, 1.82) is 0 Å². The normalized spacial score (nSPS) is 10.7. The van der Waals surface area contributed by atoms with Gasteiger partial charge in [-0.25, -0.2) is 4.39 Å². The summed E-state index contributed by atoms with van der Waals surface area (Å²) in [6.07, 6.45) is 3.13. The second-order valence-corrected chi connectivity index (χ2v) is 5.35. The van der Waals surface area contributed by atoms with Crippen LogP contribution in [0.2, 0.25) is 0 Å². The van der Waals surface area contributed by atoms with E-state index in [9.17, 15) is 14.0 Å². The Balaban J connectivity index is 2.07. The molecular weight excluding hydrogens is 307 g/mol. The van der Waals surface area contributed by atoms with Gasteiger partial charge in [0.05, 0.1) is 0 Å². The van der Waals surface area contributed by atoms with E-state index in [-0.39, 0.29) is 24.7 Å². The second-order valence-electron chi connectivity index (χ2n) is 5.35. The van der Waals surface area contributed by atoms with E-state index in [2.05, 4.69) is 0 Å². The van der Waals surface area contributed by atoms with Crippen molar-refractivity contribution in [2.45, 2.75) is 13.0 Å². The highest BCUT2D eigenvalue weighted by Crippen LogP contribution is 2.09. The standard InChI is InChI=1S/C19H19FN2O2/c20-17-9-6-15(7-10-17)8-11-19(24)22(13-12-18(21)23)14-16-4-2-1-3-5-16/h1-11H,12-14H2,(H2,21,23)/b11-8+. The van der Waals surface area contributed by atoms with E-state index in [1.165, 1.54) is 18.2 Å². The van der Waals surface area contributed by atoms with Crippen LogP contribution < -0.4 is 5.73 Å². The highest BCUT2D eigenvalue weighted by Gasteiger charge is 2.12. The number of nitrogens with two attached hydrogens (primary N) is 1. The number of amides is 2. The highest BCUT2D eigenvalue weighted by molar-refractivity contribution is 5.92. The van der Waals surface area contributed by atoms with E-state index in [1.54, 1.807) is 23.1 Å². The Labute approximate surface area is 140 Å². The van der Waals surface area contributed by atoms with Crippen LogP contribution in [0.1, 0.15) is 17.5 Å². The van der Waals surface area contributed by atoms with E-state index < -0.39 is 5.91 Å². The minimum absolute atomic E-state index is 0.100. The van der Waals surface area contributed by atoms with Crippen LogP contribution in [-0.4, -0.2) is 23.3 Å². The third-order valence-corrected chi connectivity index (χ3v) is 3.44. The maximum Gasteiger partial charge on any atom is 0.246 e. The molecule has 0 saturated carbocycles. The molecule has 2 amide bonds. The van der Waals surface area contributed by atoms with Gasteiger partial charge in [-0.3, -0.25) is 9.59 Å². The lowest BCUT2D eigenvalue weighted by molar-refractivity contribution is -0.127. The summed E-state index contributed by atoms with van der Waals surface area (Å²) in [6, 6.07) is 15.3. The SMILES string of the molecule is NC(=O)CCN(Cc1ccccc1)C(=O)/C=C/c1ccc(F)cc1. The molecule has 2 N–H and O–H groups in total. The molecule has 0 aromatic heterocycles. The smallest absolute Gasteiger partial charge is 0.246 e. The van der Waals surface area contributed by atoms with Crippen LogP contribution in [-0.2, 0) is 16.1 Å². The van der Waals surface area contributed by atoms with Gasteiger partial charge in [-0.15, -0.1) is 0 Å². The quantitative estimate of drug-likeness (QED) is 0.795. The van der Waals surface area contributed by atoms with Gasteiger partial charge >= 0.3 is 0 Å². The molecule has 0 aliphatic rings. The van der Waals surface area contributed by atoms with Gasteiger partial charge in [-0.1, -0.05) is 42.5 Å². The Kier molecular flexibility index (Phi) is 6.25. The number of hydrogen-bond donors (Lipinski definition) is 1. The Hall–Kier alpha value is -2.95. The van der Waals surface area contributed by atoms with Crippen molar-refractivity contribution in [1.82, 2.24) is 4.90 Å². The molecule has 24 heavy (non-hydrogen) atoms. The number of rotatable bonds is 7. The molecule has 0 spiro atoms. The second kappa shape index (κ2) is 8.62. The molecular formula is C19H19FN2O2. The third-order valence-electron chi connectivity index (χ3n) is 3.44. The molecule has 0 aliphatic carbocycles. The number of halogens is 1. The van der Waals surface area contributed by atoms with Crippen LogP contribution in [0.25, 0.3) is 6.08 Å². The van der Waals surface area contributed by atoms with Gasteiger partial charge in [0, 0.05) is 25.6 Å². The Morgan fingerprint density at radius 1 is 1.04 bits per heavy atom. The number of nitrogens with zero attached hydrogens (tertiary/aromatic N) is 1. The molecule has 124 valence electrons. The monoisotopic (exact) mass is 326 g/mol. The lowest BCUT2D eigenvalue weighted by atomic mass is 10.2. The summed E-state index contributed by atoms with van der Waals surface area (Å²) in [5, 5.41) is 0. The maximum atomic E-state index is 12.9. The van der Waals surface area contributed by atoms with Crippen molar-refractivity contribution < 1.29 is 14.0 Å². The Morgan fingerprint density at radius 3 is 2.33 bits per heavy atom. The summed E-state index contributed by atoms with van der Waals surface area (Å²) in [5.41, 5.74) is 6.87. The zero-order valence-electron chi connectivity index (χ0n) is 13.2. The van der Waals surface area contributed by atoms with E-state index in [0.717, 1.165) is 11.1 Å². The average molecular weight is 326 g/mol. The van der Waals surface area contributed by atoms with Gasteiger partial charge in [0.25, 0.3) is 0 Å². The maximum absolute atomic E-state index is 12.9. The first-order valence-electron chi connectivity index (χ1n) is 7.59. The molecule has 0 aliphatic heterocycles. The molecule has 5 heteroatoms. The Bertz CT molecular complexity index is 712. The van der Waals surface area contributed by atoms with E-state index in [1.807, 2.05) is 30.3 Å². The van der Waals surface area contributed by atoms with Crippen LogP contribution in [0, 0.1) is 5.82 Å². The van der Waals surface area contributed by atoms with E-state index in [4.69, 9.17) is 5.73 Å². The summed E-state index contributed by atoms with van der Waals surface area (Å²) in [6.45, 7) is 0.636. The minimum atomic E-state index is -0.455. The van der Waals surface area contributed by atoms with Crippen molar-refractivity contribution in [3.63, 3.8) is 0 Å². The van der Waals surface area contributed by atoms with Crippen molar-refractivity contribution in [3.8, 4) is 0 Å². The van der Waals surface area contributed by atoms with Crippen LogP contribution in [0.5, 0.6) is 0 Å².